The van der Waals surface area contributed by atoms with E-state index in [2.05, 4.69) is 15.5 Å². The number of benzene rings is 4. The number of azo groups is 1. The van der Waals surface area contributed by atoms with Gasteiger partial charge in [0.15, 0.2) is 11.5 Å². The zero-order valence-corrected chi connectivity index (χ0v) is 23.1. The van der Waals surface area contributed by atoms with Crippen molar-refractivity contribution in [2.75, 3.05) is 11.9 Å². The van der Waals surface area contributed by atoms with E-state index in [4.69, 9.17) is 27.9 Å². The molecule has 0 spiro atoms. The average molecular weight is 588 g/mol. The molecule has 0 aromatic heterocycles. The predicted molar refractivity (Wildman–Crippen MR) is 151 cm³/mol. The van der Waals surface area contributed by atoms with Gasteiger partial charge < -0.3 is 15.2 Å². The Kier molecular flexibility index (Phi) is 8.41. The SMILES string of the molecule is CCOc1c(Cl)cccc1NC(=O)c1cc2ccccc2c(N=Nc2c(S(=O)(=O)O)ccc(Cl)c2CC)c1O. The monoisotopic (exact) mass is 587 g/mol. The second-order valence-corrected chi connectivity index (χ2v) is 10.5. The Morgan fingerprint density at radius 3 is 2.38 bits per heavy atom. The highest BCUT2D eigenvalue weighted by molar-refractivity contribution is 7.86. The van der Waals surface area contributed by atoms with Gasteiger partial charge in [-0.25, -0.2) is 0 Å². The molecule has 0 radical (unpaired) electrons. The number of ether oxygens (including phenoxy) is 1. The van der Waals surface area contributed by atoms with Gasteiger partial charge in [-0.1, -0.05) is 60.5 Å². The molecule has 0 saturated heterocycles. The van der Waals surface area contributed by atoms with Crippen molar-refractivity contribution in [2.45, 2.75) is 25.2 Å². The van der Waals surface area contributed by atoms with Crippen LogP contribution in [0.3, 0.4) is 0 Å². The van der Waals surface area contributed by atoms with Crippen LogP contribution in [0.15, 0.2) is 75.8 Å². The molecule has 1 amide bonds. The van der Waals surface area contributed by atoms with Crippen LogP contribution in [0, 0.1) is 0 Å². The lowest BCUT2D eigenvalue weighted by atomic mass is 10.0. The number of nitrogens with zero attached hydrogens (tertiary/aromatic N) is 2. The van der Waals surface area contributed by atoms with Crippen molar-refractivity contribution in [2.24, 2.45) is 10.2 Å². The normalized spacial score (nSPS) is 11.7. The van der Waals surface area contributed by atoms with Gasteiger partial charge in [-0.3, -0.25) is 9.35 Å². The van der Waals surface area contributed by atoms with Crippen LogP contribution in [0.5, 0.6) is 11.5 Å². The molecule has 39 heavy (non-hydrogen) atoms. The number of carbonyl (C=O) groups is 1. The molecule has 9 nitrogen and oxygen atoms in total. The van der Waals surface area contributed by atoms with Gasteiger partial charge in [0, 0.05) is 10.4 Å². The second kappa shape index (κ2) is 11.6. The molecule has 0 bridgehead atoms. The summed E-state index contributed by atoms with van der Waals surface area (Å²) in [5.41, 5.74) is 0.248. The fourth-order valence-electron chi connectivity index (χ4n) is 4.02. The summed E-state index contributed by atoms with van der Waals surface area (Å²) in [6.07, 6.45) is 0.285. The van der Waals surface area contributed by atoms with E-state index >= 15 is 0 Å². The van der Waals surface area contributed by atoms with E-state index in [0.717, 1.165) is 6.07 Å². The van der Waals surface area contributed by atoms with Crippen molar-refractivity contribution >= 4 is 67.1 Å². The summed E-state index contributed by atoms with van der Waals surface area (Å²) in [5, 5.41) is 23.7. The summed E-state index contributed by atoms with van der Waals surface area (Å²) in [6, 6.07) is 15.7. The van der Waals surface area contributed by atoms with Gasteiger partial charge in [0.05, 0.1) is 22.9 Å². The molecular weight excluding hydrogens is 565 g/mol. The zero-order valence-electron chi connectivity index (χ0n) is 20.8. The maximum Gasteiger partial charge on any atom is 0.296 e. The summed E-state index contributed by atoms with van der Waals surface area (Å²) in [7, 11) is -4.67. The molecule has 0 aliphatic carbocycles. The fourth-order valence-corrected chi connectivity index (χ4v) is 5.19. The lowest BCUT2D eigenvalue weighted by Gasteiger charge is -2.15. The molecule has 4 aromatic rings. The van der Waals surface area contributed by atoms with E-state index in [-0.39, 0.29) is 34.1 Å². The van der Waals surface area contributed by atoms with Crippen LogP contribution in [0.4, 0.5) is 17.1 Å². The largest absolute Gasteiger partial charge is 0.505 e. The third-order valence-electron chi connectivity index (χ3n) is 5.81. The number of phenolic OH excluding ortho intramolecular Hbond substituents is 1. The Morgan fingerprint density at radius 1 is 0.974 bits per heavy atom. The van der Waals surface area contributed by atoms with Crippen molar-refractivity contribution in [3.63, 3.8) is 0 Å². The van der Waals surface area contributed by atoms with E-state index < -0.39 is 26.7 Å². The maximum absolute atomic E-state index is 13.3. The average Bonchev–Trinajstić information content (AvgIpc) is 2.89. The van der Waals surface area contributed by atoms with Crippen molar-refractivity contribution in [1.82, 2.24) is 0 Å². The van der Waals surface area contributed by atoms with Gasteiger partial charge >= 0.3 is 0 Å². The number of carbonyl (C=O) groups excluding carboxylic acids is 1. The molecule has 0 fully saturated rings. The van der Waals surface area contributed by atoms with Crippen molar-refractivity contribution in [3.05, 3.63) is 81.8 Å². The van der Waals surface area contributed by atoms with Crippen LogP contribution in [-0.4, -0.2) is 30.6 Å². The van der Waals surface area contributed by atoms with Crippen molar-refractivity contribution < 1.29 is 27.6 Å². The van der Waals surface area contributed by atoms with Crippen LogP contribution >= 0.6 is 23.2 Å². The minimum Gasteiger partial charge on any atom is -0.505 e. The minimum atomic E-state index is -4.67. The molecule has 0 unspecified atom stereocenters. The first-order chi connectivity index (χ1) is 18.6. The van der Waals surface area contributed by atoms with Crippen molar-refractivity contribution in [1.29, 1.82) is 0 Å². The number of hydrogen-bond acceptors (Lipinski definition) is 7. The van der Waals surface area contributed by atoms with Gasteiger partial charge in [-0.2, -0.15) is 8.42 Å². The summed E-state index contributed by atoms with van der Waals surface area (Å²) in [6.45, 7) is 3.82. The molecule has 0 saturated carbocycles. The predicted octanol–water partition coefficient (Wildman–Crippen LogP) is 7.73. The molecule has 12 heteroatoms. The van der Waals surface area contributed by atoms with Gasteiger partial charge in [0.2, 0.25) is 0 Å². The number of hydrogen-bond donors (Lipinski definition) is 3. The smallest absolute Gasteiger partial charge is 0.296 e. The summed E-state index contributed by atoms with van der Waals surface area (Å²) < 4.78 is 39.4. The molecule has 0 aliphatic rings. The van der Waals surface area contributed by atoms with Gasteiger partial charge in [0.1, 0.15) is 16.3 Å². The molecule has 0 aliphatic heterocycles. The summed E-state index contributed by atoms with van der Waals surface area (Å²) in [5.74, 6) is -0.891. The molecule has 4 rings (SSSR count). The number of nitrogens with one attached hydrogen (secondary N) is 1. The Morgan fingerprint density at radius 2 is 1.69 bits per heavy atom. The first-order valence-electron chi connectivity index (χ1n) is 11.7. The van der Waals surface area contributed by atoms with Crippen LogP contribution in [0.1, 0.15) is 29.8 Å². The highest BCUT2D eigenvalue weighted by Gasteiger charge is 2.23. The Balaban J connectivity index is 1.87. The first-order valence-corrected chi connectivity index (χ1v) is 13.9. The van der Waals surface area contributed by atoms with E-state index in [9.17, 15) is 22.9 Å². The number of aromatic hydroxyl groups is 1. The standard InChI is InChI=1S/C27H23Cl2N3O6S/c1-3-16-19(28)12-13-22(39(35,36)37)23(16)31-32-24-17-9-6-5-8-15(17)14-18(25(24)33)27(34)30-21-11-7-10-20(29)26(21)38-4-2/h5-14,33H,3-4H2,1-2H3,(H,30,34)(H,35,36,37). The van der Waals surface area contributed by atoms with Crippen LogP contribution in [0.25, 0.3) is 10.8 Å². The topological polar surface area (TPSA) is 138 Å². The number of para-hydroxylation sites is 1. The maximum atomic E-state index is 13.3. The van der Waals surface area contributed by atoms with Gasteiger partial charge in [0.25, 0.3) is 16.0 Å². The van der Waals surface area contributed by atoms with Crippen LogP contribution in [-0.2, 0) is 16.5 Å². The number of rotatable bonds is 8. The van der Waals surface area contributed by atoms with Gasteiger partial charge in [-0.05, 0) is 54.6 Å². The Hall–Kier alpha value is -3.70. The van der Waals surface area contributed by atoms with Crippen LogP contribution < -0.4 is 10.1 Å². The first kappa shape index (κ1) is 28.3. The highest BCUT2D eigenvalue weighted by Crippen LogP contribution is 2.42. The molecule has 202 valence electrons. The second-order valence-electron chi connectivity index (χ2n) is 8.25. The summed E-state index contributed by atoms with van der Waals surface area (Å²) >= 11 is 12.5. The molecule has 3 N–H and O–H groups in total. The van der Waals surface area contributed by atoms with Gasteiger partial charge in [-0.15, -0.1) is 10.2 Å². The third kappa shape index (κ3) is 5.84. The lowest BCUT2D eigenvalue weighted by molar-refractivity contribution is 0.102. The Labute approximate surface area is 234 Å². The highest BCUT2D eigenvalue weighted by atomic mass is 35.5. The molecule has 4 aromatic carbocycles. The number of fused-ring (bicyclic) bond motifs is 1. The number of amides is 1. The third-order valence-corrected chi connectivity index (χ3v) is 7.35. The quantitative estimate of drug-likeness (QED) is 0.142. The Bertz CT molecular complexity index is 1720. The number of halogens is 2. The molecular formula is C27H23Cl2N3O6S. The summed E-state index contributed by atoms with van der Waals surface area (Å²) in [4.78, 5) is 12.8. The van der Waals surface area contributed by atoms with Crippen molar-refractivity contribution in [3.8, 4) is 11.5 Å². The fraction of sp³-hybridized carbons (Fsp3) is 0.148. The van der Waals surface area contributed by atoms with E-state index in [0.29, 0.717) is 33.7 Å². The van der Waals surface area contributed by atoms with E-state index in [1.807, 2.05) is 0 Å². The lowest BCUT2D eigenvalue weighted by Crippen LogP contribution is -2.13. The molecule has 0 atom stereocenters. The van der Waals surface area contributed by atoms with E-state index in [1.54, 1.807) is 56.3 Å². The zero-order chi connectivity index (χ0) is 28.3. The number of phenols is 1. The minimum absolute atomic E-state index is 0.0855. The van der Waals surface area contributed by atoms with E-state index in [1.165, 1.54) is 12.1 Å². The number of anilines is 1. The van der Waals surface area contributed by atoms with Crippen LogP contribution in [0.2, 0.25) is 10.0 Å². The molecule has 0 heterocycles.